The second-order valence-corrected chi connectivity index (χ2v) is 6.77. The van der Waals surface area contributed by atoms with Crippen LogP contribution in [0.3, 0.4) is 0 Å². The lowest BCUT2D eigenvalue weighted by Gasteiger charge is -2.24. The molecule has 7 heteroatoms. The molecule has 1 saturated carbocycles. The third kappa shape index (κ3) is 3.12. The maximum absolute atomic E-state index is 11.1. The SMILES string of the molecule is Cc1nc(-c2nnc(CC3(CC(=O)O)CCCC3)o2)cs1. The van der Waals surface area contributed by atoms with E-state index in [0.29, 0.717) is 23.9 Å². The van der Waals surface area contributed by atoms with Gasteiger partial charge < -0.3 is 9.52 Å². The van der Waals surface area contributed by atoms with Gasteiger partial charge in [-0.15, -0.1) is 21.5 Å². The minimum atomic E-state index is -0.758. The van der Waals surface area contributed by atoms with Crippen molar-refractivity contribution in [2.24, 2.45) is 5.41 Å². The molecule has 112 valence electrons. The number of nitrogens with zero attached hydrogens (tertiary/aromatic N) is 3. The van der Waals surface area contributed by atoms with Crippen molar-refractivity contribution >= 4 is 17.3 Å². The number of carboxylic acids is 1. The Labute approximate surface area is 126 Å². The highest BCUT2D eigenvalue weighted by Gasteiger charge is 2.37. The van der Waals surface area contributed by atoms with Crippen molar-refractivity contribution in [3.63, 3.8) is 0 Å². The van der Waals surface area contributed by atoms with Crippen LogP contribution >= 0.6 is 11.3 Å². The largest absolute Gasteiger partial charge is 0.481 e. The Balaban J connectivity index is 1.78. The number of aryl methyl sites for hydroxylation is 1. The molecule has 0 bridgehead atoms. The topological polar surface area (TPSA) is 89.1 Å². The fourth-order valence-corrected chi connectivity index (χ4v) is 3.66. The zero-order valence-electron chi connectivity index (χ0n) is 11.8. The van der Waals surface area contributed by atoms with Gasteiger partial charge in [0.1, 0.15) is 5.69 Å². The van der Waals surface area contributed by atoms with E-state index in [-0.39, 0.29) is 11.8 Å². The van der Waals surface area contributed by atoms with Gasteiger partial charge in [0.2, 0.25) is 5.89 Å². The molecule has 0 amide bonds. The van der Waals surface area contributed by atoms with Crippen LogP contribution in [0.25, 0.3) is 11.6 Å². The standard InChI is InChI=1S/C14H17N3O3S/c1-9-15-10(8-21-9)13-17-16-11(20-13)6-14(7-12(18)19)4-2-3-5-14/h8H,2-7H2,1H3,(H,18,19). The lowest BCUT2D eigenvalue weighted by molar-refractivity contribution is -0.139. The highest BCUT2D eigenvalue weighted by molar-refractivity contribution is 7.09. The van der Waals surface area contributed by atoms with E-state index in [1.165, 1.54) is 11.3 Å². The fraction of sp³-hybridized carbons (Fsp3) is 0.571. The van der Waals surface area contributed by atoms with Gasteiger partial charge in [0.15, 0.2) is 0 Å². The summed E-state index contributed by atoms with van der Waals surface area (Å²) in [7, 11) is 0. The molecular weight excluding hydrogens is 290 g/mol. The van der Waals surface area contributed by atoms with E-state index >= 15 is 0 Å². The molecule has 2 aromatic rings. The first kappa shape index (κ1) is 14.2. The molecule has 0 radical (unpaired) electrons. The van der Waals surface area contributed by atoms with Gasteiger partial charge in [-0.05, 0) is 25.2 Å². The van der Waals surface area contributed by atoms with E-state index in [1.54, 1.807) is 0 Å². The molecule has 0 saturated heterocycles. The number of hydrogen-bond acceptors (Lipinski definition) is 6. The Morgan fingerprint density at radius 3 is 2.81 bits per heavy atom. The Morgan fingerprint density at radius 1 is 1.43 bits per heavy atom. The number of thiazole rings is 1. The van der Waals surface area contributed by atoms with E-state index in [4.69, 9.17) is 9.52 Å². The maximum atomic E-state index is 11.1. The van der Waals surface area contributed by atoms with Crippen molar-refractivity contribution in [2.75, 3.05) is 0 Å². The molecule has 0 unspecified atom stereocenters. The average Bonchev–Trinajstić information content (AvgIpc) is 3.11. The fourth-order valence-electron chi connectivity index (χ4n) is 3.07. The predicted octanol–water partition coefficient (Wildman–Crippen LogP) is 3.08. The van der Waals surface area contributed by atoms with Crippen molar-refractivity contribution in [2.45, 2.75) is 45.4 Å². The lowest BCUT2D eigenvalue weighted by Crippen LogP contribution is -2.23. The highest BCUT2D eigenvalue weighted by Crippen LogP contribution is 2.43. The summed E-state index contributed by atoms with van der Waals surface area (Å²) in [5.74, 6) is 0.170. The van der Waals surface area contributed by atoms with Crippen LogP contribution < -0.4 is 0 Å². The molecule has 1 N–H and O–H groups in total. The van der Waals surface area contributed by atoms with Crippen LogP contribution in [0, 0.1) is 12.3 Å². The Bertz CT molecular complexity index is 643. The molecule has 1 aliphatic rings. The normalized spacial score (nSPS) is 17.2. The molecule has 1 aliphatic carbocycles. The predicted molar refractivity (Wildman–Crippen MR) is 77.0 cm³/mol. The number of carbonyl (C=O) groups is 1. The minimum absolute atomic E-state index is 0.167. The summed E-state index contributed by atoms with van der Waals surface area (Å²) in [5.41, 5.74) is 0.461. The van der Waals surface area contributed by atoms with Crippen molar-refractivity contribution < 1.29 is 14.3 Å². The first-order chi connectivity index (χ1) is 10.1. The van der Waals surface area contributed by atoms with E-state index in [0.717, 1.165) is 30.7 Å². The van der Waals surface area contributed by atoms with Gasteiger partial charge in [-0.2, -0.15) is 0 Å². The van der Waals surface area contributed by atoms with Crippen molar-refractivity contribution in [3.05, 3.63) is 16.3 Å². The maximum Gasteiger partial charge on any atom is 0.303 e. The summed E-state index contributed by atoms with van der Waals surface area (Å²) in [5, 5.41) is 20.1. The van der Waals surface area contributed by atoms with E-state index in [9.17, 15) is 4.79 Å². The summed E-state index contributed by atoms with van der Waals surface area (Å²) >= 11 is 1.53. The number of aromatic nitrogens is 3. The smallest absolute Gasteiger partial charge is 0.303 e. The second-order valence-electron chi connectivity index (χ2n) is 5.71. The zero-order chi connectivity index (χ0) is 14.9. The van der Waals surface area contributed by atoms with Crippen LogP contribution in [0.1, 0.15) is 43.0 Å². The van der Waals surface area contributed by atoms with Crippen LogP contribution in [0.4, 0.5) is 0 Å². The Kier molecular flexibility index (Phi) is 3.75. The van der Waals surface area contributed by atoms with Gasteiger partial charge in [0.05, 0.1) is 11.4 Å². The van der Waals surface area contributed by atoms with Crippen LogP contribution in [0.5, 0.6) is 0 Å². The first-order valence-corrected chi connectivity index (χ1v) is 7.91. The van der Waals surface area contributed by atoms with Crippen LogP contribution in [0.2, 0.25) is 0 Å². The summed E-state index contributed by atoms with van der Waals surface area (Å²) in [6.45, 7) is 1.92. The summed E-state index contributed by atoms with van der Waals surface area (Å²) in [6.07, 6.45) is 4.66. The molecule has 21 heavy (non-hydrogen) atoms. The van der Waals surface area contributed by atoms with E-state index in [1.807, 2.05) is 12.3 Å². The number of hydrogen-bond donors (Lipinski definition) is 1. The molecule has 6 nitrogen and oxygen atoms in total. The molecular formula is C14H17N3O3S. The first-order valence-electron chi connectivity index (χ1n) is 7.03. The van der Waals surface area contributed by atoms with Gasteiger partial charge in [-0.25, -0.2) is 4.98 Å². The molecule has 0 atom stereocenters. The van der Waals surface area contributed by atoms with E-state index in [2.05, 4.69) is 15.2 Å². The third-order valence-corrected chi connectivity index (χ3v) is 4.80. The van der Waals surface area contributed by atoms with Crippen LogP contribution in [0.15, 0.2) is 9.80 Å². The zero-order valence-corrected chi connectivity index (χ0v) is 12.7. The Hall–Kier alpha value is -1.76. The monoisotopic (exact) mass is 307 g/mol. The van der Waals surface area contributed by atoms with Gasteiger partial charge >= 0.3 is 5.97 Å². The van der Waals surface area contributed by atoms with Crippen LogP contribution in [-0.4, -0.2) is 26.3 Å². The lowest BCUT2D eigenvalue weighted by atomic mass is 9.79. The highest BCUT2D eigenvalue weighted by atomic mass is 32.1. The second kappa shape index (κ2) is 5.55. The quantitative estimate of drug-likeness (QED) is 0.913. The molecule has 1 fully saturated rings. The average molecular weight is 307 g/mol. The van der Waals surface area contributed by atoms with Gasteiger partial charge in [0.25, 0.3) is 5.89 Å². The van der Waals surface area contributed by atoms with Gasteiger partial charge in [-0.3, -0.25) is 4.79 Å². The van der Waals surface area contributed by atoms with Crippen LogP contribution in [-0.2, 0) is 11.2 Å². The summed E-state index contributed by atoms with van der Waals surface area (Å²) in [6, 6.07) is 0. The summed E-state index contributed by atoms with van der Waals surface area (Å²) in [4.78, 5) is 15.4. The van der Waals surface area contributed by atoms with Gasteiger partial charge in [0, 0.05) is 11.8 Å². The van der Waals surface area contributed by atoms with E-state index < -0.39 is 5.97 Å². The summed E-state index contributed by atoms with van der Waals surface area (Å²) < 4.78 is 5.68. The molecule has 2 heterocycles. The molecule has 0 aliphatic heterocycles. The van der Waals surface area contributed by atoms with Crippen molar-refractivity contribution in [1.82, 2.24) is 15.2 Å². The molecule has 0 spiro atoms. The molecule has 3 rings (SSSR count). The van der Waals surface area contributed by atoms with Crippen molar-refractivity contribution in [3.8, 4) is 11.6 Å². The molecule has 2 aromatic heterocycles. The van der Waals surface area contributed by atoms with Gasteiger partial charge in [-0.1, -0.05) is 12.8 Å². The van der Waals surface area contributed by atoms with Crippen molar-refractivity contribution in [1.29, 1.82) is 0 Å². The molecule has 0 aromatic carbocycles. The number of carboxylic acid groups (broad SMARTS) is 1. The minimum Gasteiger partial charge on any atom is -0.481 e. The third-order valence-electron chi connectivity index (χ3n) is 4.02. The Morgan fingerprint density at radius 2 is 2.19 bits per heavy atom. The number of rotatable bonds is 5. The number of aliphatic carboxylic acids is 1.